The lowest BCUT2D eigenvalue weighted by Gasteiger charge is -2.17. The molecular formula is C14H22O. The zero-order valence-corrected chi connectivity index (χ0v) is 10.1. The summed E-state index contributed by atoms with van der Waals surface area (Å²) in [6.45, 7) is 6.57. The van der Waals surface area contributed by atoms with Gasteiger partial charge < -0.3 is 0 Å². The summed E-state index contributed by atoms with van der Waals surface area (Å²) in [4.78, 5) is 11.6. The molecule has 0 aliphatic heterocycles. The van der Waals surface area contributed by atoms with E-state index in [0.717, 1.165) is 25.2 Å². The molecule has 0 spiro atoms. The van der Waals surface area contributed by atoms with Crippen LogP contribution in [0, 0.1) is 11.8 Å². The summed E-state index contributed by atoms with van der Waals surface area (Å²) >= 11 is 0. The minimum atomic E-state index is 0.169. The van der Waals surface area contributed by atoms with Gasteiger partial charge in [-0.2, -0.15) is 0 Å². The largest absolute Gasteiger partial charge is 0.294 e. The fourth-order valence-electron chi connectivity index (χ4n) is 1.96. The minimum Gasteiger partial charge on any atom is -0.294 e. The first-order valence-electron chi connectivity index (χ1n) is 5.98. The fourth-order valence-corrected chi connectivity index (χ4v) is 1.96. The molecule has 1 unspecified atom stereocenters. The van der Waals surface area contributed by atoms with Gasteiger partial charge in [-0.05, 0) is 44.6 Å². The molecule has 0 aromatic heterocycles. The van der Waals surface area contributed by atoms with E-state index in [-0.39, 0.29) is 5.92 Å². The molecule has 1 aliphatic rings. The van der Waals surface area contributed by atoms with E-state index >= 15 is 0 Å². The molecule has 0 bridgehead atoms. The average Bonchev–Trinajstić information content (AvgIpc) is 2.17. The number of hydrogen-bond donors (Lipinski definition) is 0. The molecule has 1 rings (SSSR count). The fraction of sp³-hybridized carbons (Fsp3) is 0.643. The Balaban J connectivity index is 2.48. The molecule has 1 aliphatic carbocycles. The third kappa shape index (κ3) is 4.03. The number of ketones is 1. The van der Waals surface area contributed by atoms with Gasteiger partial charge in [0.15, 0.2) is 5.78 Å². The molecular weight excluding hydrogens is 184 g/mol. The summed E-state index contributed by atoms with van der Waals surface area (Å²) in [7, 11) is 0. The quantitative estimate of drug-likeness (QED) is 0.637. The molecule has 0 aromatic carbocycles. The maximum absolute atomic E-state index is 11.6. The first-order valence-corrected chi connectivity index (χ1v) is 5.98. The van der Waals surface area contributed by atoms with Crippen LogP contribution in [0.15, 0.2) is 23.8 Å². The van der Waals surface area contributed by atoms with Crippen molar-refractivity contribution in [2.75, 3.05) is 0 Å². The van der Waals surface area contributed by atoms with Gasteiger partial charge in [-0.25, -0.2) is 0 Å². The highest BCUT2D eigenvalue weighted by Crippen LogP contribution is 2.23. The van der Waals surface area contributed by atoms with Crippen molar-refractivity contribution in [2.45, 2.75) is 46.5 Å². The van der Waals surface area contributed by atoms with Gasteiger partial charge in [0.25, 0.3) is 0 Å². The molecule has 0 radical (unpaired) electrons. The standard InChI is InChI=1S/C14H22O/c1-11(2)7-6-8-12(3)13-9-4-5-10-14(13)15/h5,8,10-11,13H,4,6-7,9H2,1-3H3. The van der Waals surface area contributed by atoms with E-state index in [1.54, 1.807) is 6.08 Å². The van der Waals surface area contributed by atoms with Crippen molar-refractivity contribution in [1.29, 1.82) is 0 Å². The predicted molar refractivity (Wildman–Crippen MR) is 64.7 cm³/mol. The van der Waals surface area contributed by atoms with Crippen molar-refractivity contribution in [3.05, 3.63) is 23.8 Å². The third-order valence-electron chi connectivity index (χ3n) is 3.01. The normalized spacial score (nSPS) is 22.5. The smallest absolute Gasteiger partial charge is 0.162 e. The molecule has 0 fully saturated rings. The highest BCUT2D eigenvalue weighted by atomic mass is 16.1. The Morgan fingerprint density at radius 3 is 2.93 bits per heavy atom. The molecule has 0 saturated carbocycles. The SMILES string of the molecule is CC(=CCCC(C)C)C1CCC=CC1=O. The third-order valence-corrected chi connectivity index (χ3v) is 3.01. The molecule has 0 saturated heterocycles. The lowest BCUT2D eigenvalue weighted by molar-refractivity contribution is -0.117. The molecule has 0 N–H and O–H groups in total. The number of carbonyl (C=O) groups excluding carboxylic acids is 1. The van der Waals surface area contributed by atoms with Crippen LogP contribution in [-0.4, -0.2) is 5.78 Å². The number of rotatable bonds is 4. The molecule has 0 amide bonds. The second-order valence-corrected chi connectivity index (χ2v) is 4.85. The van der Waals surface area contributed by atoms with E-state index in [9.17, 15) is 4.79 Å². The summed E-state index contributed by atoms with van der Waals surface area (Å²) in [6, 6.07) is 0. The lowest BCUT2D eigenvalue weighted by atomic mass is 9.86. The van der Waals surface area contributed by atoms with Crippen molar-refractivity contribution in [3.63, 3.8) is 0 Å². The van der Waals surface area contributed by atoms with Crippen molar-refractivity contribution >= 4 is 5.78 Å². The van der Waals surface area contributed by atoms with Gasteiger partial charge in [0, 0.05) is 5.92 Å². The molecule has 1 heteroatoms. The van der Waals surface area contributed by atoms with Crippen molar-refractivity contribution in [3.8, 4) is 0 Å². The molecule has 1 atom stereocenters. The Hall–Kier alpha value is -0.850. The van der Waals surface area contributed by atoms with Gasteiger partial charge in [0.2, 0.25) is 0 Å². The van der Waals surface area contributed by atoms with E-state index in [1.165, 1.54) is 12.0 Å². The van der Waals surface area contributed by atoms with E-state index in [4.69, 9.17) is 0 Å². The van der Waals surface area contributed by atoms with Gasteiger partial charge in [-0.3, -0.25) is 4.79 Å². The maximum atomic E-state index is 11.6. The van der Waals surface area contributed by atoms with Crippen LogP contribution in [0.5, 0.6) is 0 Å². The topological polar surface area (TPSA) is 17.1 Å². The van der Waals surface area contributed by atoms with Gasteiger partial charge in [-0.1, -0.05) is 31.6 Å². The van der Waals surface area contributed by atoms with E-state index in [1.807, 2.05) is 6.08 Å². The zero-order chi connectivity index (χ0) is 11.3. The average molecular weight is 206 g/mol. The molecule has 0 heterocycles. The van der Waals surface area contributed by atoms with Crippen molar-refractivity contribution in [1.82, 2.24) is 0 Å². The summed E-state index contributed by atoms with van der Waals surface area (Å²) < 4.78 is 0. The Morgan fingerprint density at radius 2 is 2.33 bits per heavy atom. The first-order chi connectivity index (χ1) is 7.11. The Labute approximate surface area is 93.3 Å². The van der Waals surface area contributed by atoms with E-state index in [2.05, 4.69) is 26.8 Å². The van der Waals surface area contributed by atoms with Gasteiger partial charge in [0.1, 0.15) is 0 Å². The minimum absolute atomic E-state index is 0.169. The van der Waals surface area contributed by atoms with Crippen LogP contribution in [0.3, 0.4) is 0 Å². The van der Waals surface area contributed by atoms with Crippen LogP contribution in [-0.2, 0) is 4.79 Å². The second kappa shape index (κ2) is 5.89. The monoisotopic (exact) mass is 206 g/mol. The van der Waals surface area contributed by atoms with Gasteiger partial charge >= 0.3 is 0 Å². The van der Waals surface area contributed by atoms with Gasteiger partial charge in [-0.15, -0.1) is 0 Å². The van der Waals surface area contributed by atoms with Crippen LogP contribution >= 0.6 is 0 Å². The molecule has 15 heavy (non-hydrogen) atoms. The Morgan fingerprint density at radius 1 is 1.60 bits per heavy atom. The van der Waals surface area contributed by atoms with Gasteiger partial charge in [0.05, 0.1) is 0 Å². The summed E-state index contributed by atoms with van der Waals surface area (Å²) in [5, 5.41) is 0. The number of carbonyl (C=O) groups is 1. The van der Waals surface area contributed by atoms with Crippen LogP contribution in [0.25, 0.3) is 0 Å². The molecule has 1 nitrogen and oxygen atoms in total. The van der Waals surface area contributed by atoms with Crippen LogP contribution in [0.1, 0.15) is 46.5 Å². The second-order valence-electron chi connectivity index (χ2n) is 4.85. The summed E-state index contributed by atoms with van der Waals surface area (Å²) in [5.41, 5.74) is 1.27. The first kappa shape index (κ1) is 12.2. The summed E-state index contributed by atoms with van der Waals surface area (Å²) in [5.74, 6) is 1.21. The predicted octanol–water partition coefficient (Wildman–Crippen LogP) is 3.90. The van der Waals surface area contributed by atoms with Crippen LogP contribution in [0.2, 0.25) is 0 Å². The summed E-state index contributed by atoms with van der Waals surface area (Å²) in [6.07, 6.45) is 10.4. The lowest BCUT2D eigenvalue weighted by Crippen LogP contribution is -2.16. The molecule has 84 valence electrons. The molecule has 0 aromatic rings. The Kier molecular flexibility index (Phi) is 4.80. The van der Waals surface area contributed by atoms with Crippen LogP contribution < -0.4 is 0 Å². The van der Waals surface area contributed by atoms with E-state index in [0.29, 0.717) is 5.78 Å². The Bertz CT molecular complexity index is 271. The van der Waals surface area contributed by atoms with Crippen molar-refractivity contribution < 1.29 is 4.79 Å². The number of hydrogen-bond acceptors (Lipinski definition) is 1. The highest BCUT2D eigenvalue weighted by Gasteiger charge is 2.19. The maximum Gasteiger partial charge on any atom is 0.162 e. The van der Waals surface area contributed by atoms with E-state index < -0.39 is 0 Å². The highest BCUT2D eigenvalue weighted by molar-refractivity contribution is 5.94. The van der Waals surface area contributed by atoms with Crippen molar-refractivity contribution in [2.24, 2.45) is 11.8 Å². The van der Waals surface area contributed by atoms with Crippen LogP contribution in [0.4, 0.5) is 0 Å². The number of allylic oxidation sites excluding steroid dienone is 4. The zero-order valence-electron chi connectivity index (χ0n) is 10.1.